The molecule has 0 radical (unpaired) electrons. The number of H-pyrrole nitrogens is 1. The number of aryl methyl sites for hydroxylation is 1. The van der Waals surface area contributed by atoms with Crippen LogP contribution in [-0.2, 0) is 25.5 Å². The van der Waals surface area contributed by atoms with Crippen LogP contribution in [0.15, 0.2) is 41.5 Å². The van der Waals surface area contributed by atoms with Crippen molar-refractivity contribution >= 4 is 57.9 Å². The second-order valence-electron chi connectivity index (χ2n) is 10.1. The van der Waals surface area contributed by atoms with Crippen LogP contribution < -0.4 is 10.6 Å². The number of aromatic nitrogens is 2. The molecule has 1 unspecified atom stereocenters. The standard InChI is InChI=1S/C29H31Cl2N7O6/c1-16(39)44-20-7-8-38(14-20)29(34-15-32)33-13-24(28(42)43-2)36-27(41)26-21(30)9-17(10-22(26)31)3-6-25(40)18-4-5-19-12-35-37-23(19)11-18/h4-5,9-12,20,24-25,40H,3,6-8,13-14H2,1-2H3,(H,33,34)(H,35,37)(H,36,41)/t20-,24-,25?/m0/s1. The molecule has 1 aromatic heterocycles. The largest absolute Gasteiger partial charge is 0.467 e. The van der Waals surface area contributed by atoms with Gasteiger partial charge in [0, 0.05) is 25.3 Å². The molecular formula is C29H31Cl2N7O6. The maximum Gasteiger partial charge on any atom is 0.330 e. The van der Waals surface area contributed by atoms with Gasteiger partial charge in [0.1, 0.15) is 12.1 Å². The number of methoxy groups -OCH3 is 1. The van der Waals surface area contributed by atoms with Crippen molar-refractivity contribution in [2.24, 2.45) is 4.99 Å². The molecule has 1 fully saturated rings. The highest BCUT2D eigenvalue weighted by Crippen LogP contribution is 2.29. The van der Waals surface area contributed by atoms with Crippen LogP contribution in [0.4, 0.5) is 0 Å². The Morgan fingerprint density at radius 1 is 1.27 bits per heavy atom. The van der Waals surface area contributed by atoms with Crippen molar-refractivity contribution in [1.29, 1.82) is 5.26 Å². The molecule has 4 N–H and O–H groups in total. The summed E-state index contributed by atoms with van der Waals surface area (Å²) in [5.74, 6) is -1.76. The first kappa shape index (κ1) is 32.5. The Labute approximate surface area is 263 Å². The third kappa shape index (κ3) is 8.16. The number of guanidine groups is 1. The first-order valence-corrected chi connectivity index (χ1v) is 14.4. The second-order valence-corrected chi connectivity index (χ2v) is 10.9. The van der Waals surface area contributed by atoms with Gasteiger partial charge in [0.25, 0.3) is 5.91 Å². The number of aliphatic hydroxyl groups is 1. The number of carbonyl (C=O) groups excluding carboxylic acids is 3. The minimum atomic E-state index is -1.23. The summed E-state index contributed by atoms with van der Waals surface area (Å²) in [6, 6.07) is 7.48. The summed E-state index contributed by atoms with van der Waals surface area (Å²) in [6.07, 6.45) is 3.72. The lowest BCUT2D eigenvalue weighted by Gasteiger charge is -2.21. The van der Waals surface area contributed by atoms with Gasteiger partial charge in [-0.25, -0.2) is 9.79 Å². The highest BCUT2D eigenvalue weighted by Gasteiger charge is 2.29. The van der Waals surface area contributed by atoms with Crippen molar-refractivity contribution < 1.29 is 29.0 Å². The molecule has 3 atom stereocenters. The number of hydrogen-bond donors (Lipinski definition) is 4. The van der Waals surface area contributed by atoms with Gasteiger partial charge in [-0.3, -0.25) is 20.0 Å². The van der Waals surface area contributed by atoms with E-state index in [9.17, 15) is 24.8 Å². The predicted octanol–water partition coefficient (Wildman–Crippen LogP) is 2.87. The fraction of sp³-hybridized carbons (Fsp3) is 0.379. The minimum Gasteiger partial charge on any atom is -0.467 e. The van der Waals surface area contributed by atoms with Crippen molar-refractivity contribution in [3.8, 4) is 6.19 Å². The molecular weight excluding hydrogens is 613 g/mol. The molecule has 0 aliphatic carbocycles. The molecule has 2 aromatic carbocycles. The Morgan fingerprint density at radius 3 is 2.70 bits per heavy atom. The van der Waals surface area contributed by atoms with E-state index in [2.05, 4.69) is 25.8 Å². The zero-order valence-electron chi connectivity index (χ0n) is 24.0. The molecule has 3 aromatic rings. The number of aromatic amines is 1. The molecule has 232 valence electrons. The number of aliphatic imine (C=N–C) groups is 1. The van der Waals surface area contributed by atoms with Gasteiger partial charge >= 0.3 is 11.9 Å². The molecule has 44 heavy (non-hydrogen) atoms. The number of carbonyl (C=O) groups is 3. The van der Waals surface area contributed by atoms with E-state index in [0.29, 0.717) is 37.9 Å². The number of hydrogen-bond acceptors (Lipinski definition) is 9. The Kier molecular flexibility index (Phi) is 11.0. The van der Waals surface area contributed by atoms with Crippen molar-refractivity contribution in [3.05, 3.63) is 63.3 Å². The Morgan fingerprint density at radius 2 is 2.02 bits per heavy atom. The van der Waals surface area contributed by atoms with E-state index >= 15 is 0 Å². The molecule has 15 heteroatoms. The van der Waals surface area contributed by atoms with Crippen LogP contribution in [-0.4, -0.2) is 82.9 Å². The third-order valence-electron chi connectivity index (χ3n) is 7.05. The molecule has 4 rings (SSSR count). The van der Waals surface area contributed by atoms with Gasteiger partial charge in [-0.05, 0) is 42.2 Å². The van der Waals surface area contributed by atoms with E-state index in [1.165, 1.54) is 14.0 Å². The SMILES string of the molecule is COC(=O)[C@H](CN=C(NC#N)N1CC[C@H](OC(C)=O)C1)NC(=O)c1c(Cl)cc(CCC(O)c2ccc3cn[nH]c3c2)cc1Cl. The zero-order chi connectivity index (χ0) is 31.8. The molecule has 0 saturated carbocycles. The lowest BCUT2D eigenvalue weighted by molar-refractivity contribution is -0.145. The summed E-state index contributed by atoms with van der Waals surface area (Å²) in [4.78, 5) is 43.1. The van der Waals surface area contributed by atoms with Crippen LogP contribution >= 0.6 is 23.2 Å². The maximum absolute atomic E-state index is 13.2. The Bertz CT molecular complexity index is 1580. The number of amides is 1. The highest BCUT2D eigenvalue weighted by molar-refractivity contribution is 6.39. The van der Waals surface area contributed by atoms with Crippen LogP contribution in [0.25, 0.3) is 10.9 Å². The minimum absolute atomic E-state index is 0.0423. The smallest absolute Gasteiger partial charge is 0.330 e. The van der Waals surface area contributed by atoms with E-state index in [1.807, 2.05) is 18.2 Å². The quantitative estimate of drug-likeness (QED) is 0.0842. The number of aliphatic hydroxyl groups excluding tert-OH is 1. The first-order chi connectivity index (χ1) is 21.1. The number of fused-ring (bicyclic) bond motifs is 1. The lowest BCUT2D eigenvalue weighted by atomic mass is 9.99. The van der Waals surface area contributed by atoms with Gasteiger partial charge in [0.15, 0.2) is 6.19 Å². The molecule has 0 spiro atoms. The number of halogens is 2. The number of rotatable bonds is 10. The fourth-order valence-corrected chi connectivity index (χ4v) is 5.57. The summed E-state index contributed by atoms with van der Waals surface area (Å²) < 4.78 is 10.1. The molecule has 2 heterocycles. The van der Waals surface area contributed by atoms with Gasteiger partial charge in [-0.2, -0.15) is 10.4 Å². The number of benzene rings is 2. The van der Waals surface area contributed by atoms with E-state index in [0.717, 1.165) is 16.5 Å². The average Bonchev–Trinajstić information content (AvgIpc) is 3.65. The van der Waals surface area contributed by atoms with E-state index in [4.69, 9.17) is 32.7 Å². The van der Waals surface area contributed by atoms with Crippen LogP contribution in [0, 0.1) is 11.5 Å². The Balaban J connectivity index is 1.42. The molecule has 1 aliphatic heterocycles. The summed E-state index contributed by atoms with van der Waals surface area (Å²) in [5, 5.41) is 32.9. The van der Waals surface area contributed by atoms with Crippen molar-refractivity contribution in [1.82, 2.24) is 25.7 Å². The van der Waals surface area contributed by atoms with E-state index < -0.39 is 30.0 Å². The number of nitrogens with zero attached hydrogens (tertiary/aromatic N) is 4. The number of likely N-dealkylation sites (tertiary alicyclic amines) is 1. The van der Waals surface area contributed by atoms with Gasteiger partial charge < -0.3 is 24.8 Å². The summed E-state index contributed by atoms with van der Waals surface area (Å²) in [6.45, 7) is 1.80. The zero-order valence-corrected chi connectivity index (χ0v) is 25.5. The van der Waals surface area contributed by atoms with E-state index in [-0.39, 0.29) is 34.2 Å². The lowest BCUT2D eigenvalue weighted by Crippen LogP contribution is -2.45. The number of nitrogens with one attached hydrogen (secondary N) is 3. The van der Waals surface area contributed by atoms with Crippen LogP contribution in [0.5, 0.6) is 0 Å². The summed E-state index contributed by atoms with van der Waals surface area (Å²) in [7, 11) is 1.17. The van der Waals surface area contributed by atoms with Gasteiger partial charge in [-0.15, -0.1) is 0 Å². The maximum atomic E-state index is 13.2. The fourth-order valence-electron chi connectivity index (χ4n) is 4.87. The van der Waals surface area contributed by atoms with Gasteiger partial charge in [0.05, 0.1) is 53.6 Å². The van der Waals surface area contributed by atoms with Crippen molar-refractivity contribution in [2.45, 2.75) is 44.4 Å². The van der Waals surface area contributed by atoms with Crippen LogP contribution in [0.2, 0.25) is 10.0 Å². The topological polar surface area (TPSA) is 182 Å². The van der Waals surface area contributed by atoms with Crippen molar-refractivity contribution in [2.75, 3.05) is 26.7 Å². The monoisotopic (exact) mass is 643 g/mol. The molecule has 1 aliphatic rings. The average molecular weight is 645 g/mol. The van der Waals surface area contributed by atoms with Crippen LogP contribution in [0.3, 0.4) is 0 Å². The molecule has 0 bridgehead atoms. The normalized spacial score (nSPS) is 16.2. The number of ether oxygens (including phenoxy) is 2. The molecule has 13 nitrogen and oxygen atoms in total. The predicted molar refractivity (Wildman–Crippen MR) is 162 cm³/mol. The van der Waals surface area contributed by atoms with Gasteiger partial charge in [0.2, 0.25) is 5.96 Å². The van der Waals surface area contributed by atoms with Gasteiger partial charge in [-0.1, -0.05) is 35.3 Å². The first-order valence-electron chi connectivity index (χ1n) is 13.7. The van der Waals surface area contributed by atoms with E-state index in [1.54, 1.807) is 29.4 Å². The van der Waals surface area contributed by atoms with Crippen LogP contribution in [0.1, 0.15) is 47.4 Å². The summed E-state index contributed by atoms with van der Waals surface area (Å²) in [5.41, 5.74) is 2.21. The number of esters is 2. The molecule has 1 saturated heterocycles. The molecule has 1 amide bonds. The second kappa shape index (κ2) is 14.9. The van der Waals surface area contributed by atoms with Crippen molar-refractivity contribution in [3.63, 3.8) is 0 Å². The third-order valence-corrected chi connectivity index (χ3v) is 7.64. The number of nitriles is 1. The Hall–Kier alpha value is -4.38. The highest BCUT2D eigenvalue weighted by atomic mass is 35.5. The summed E-state index contributed by atoms with van der Waals surface area (Å²) >= 11 is 12.9.